The van der Waals surface area contributed by atoms with Crippen molar-refractivity contribution in [3.05, 3.63) is 49.7 Å². The van der Waals surface area contributed by atoms with Crippen LogP contribution in [0.25, 0.3) is 0 Å². The Bertz CT molecular complexity index is 1010. The number of ketones is 1. The van der Waals surface area contributed by atoms with Gasteiger partial charge in [-0.3, -0.25) is 24.0 Å². The Kier molecular flexibility index (Phi) is 7.22. The topological polar surface area (TPSA) is 120 Å². The van der Waals surface area contributed by atoms with Gasteiger partial charge in [-0.05, 0) is 43.7 Å². The molecule has 1 aromatic heterocycles. The number of likely N-dealkylation sites (N-methyl/N-ethyl adjacent to an activating group) is 1. The highest BCUT2D eigenvalue weighted by atomic mass is 16.5. The van der Waals surface area contributed by atoms with Gasteiger partial charge in [0.15, 0.2) is 17.3 Å². The summed E-state index contributed by atoms with van der Waals surface area (Å²) in [6.07, 6.45) is 0.641. The standard InChI is InChI=1S/C20H28N4O5/c1-6-7-24-18(21)17(19(26)22-20(24)27)14(25)11-23(3)10-13-9-16(29-5)15(28-4)8-12(13)2/h8-9H,6-7,10-11,21H2,1-5H3,(H,22,26,27). The molecule has 0 radical (unpaired) electrons. The zero-order chi connectivity index (χ0) is 21.7. The molecule has 0 aliphatic rings. The molecule has 9 nitrogen and oxygen atoms in total. The van der Waals surface area contributed by atoms with Gasteiger partial charge in [0.1, 0.15) is 11.4 Å². The molecule has 2 aromatic rings. The highest BCUT2D eigenvalue weighted by Gasteiger charge is 2.21. The number of hydrogen-bond acceptors (Lipinski definition) is 7. The van der Waals surface area contributed by atoms with Crippen molar-refractivity contribution in [2.75, 3.05) is 33.5 Å². The molecule has 0 fully saturated rings. The first kappa shape index (κ1) is 22.2. The summed E-state index contributed by atoms with van der Waals surface area (Å²) < 4.78 is 11.8. The van der Waals surface area contributed by atoms with E-state index in [2.05, 4.69) is 4.98 Å². The molecule has 0 aliphatic carbocycles. The van der Waals surface area contributed by atoms with E-state index in [-0.39, 0.29) is 17.9 Å². The largest absolute Gasteiger partial charge is 0.493 e. The van der Waals surface area contributed by atoms with Gasteiger partial charge in [-0.15, -0.1) is 0 Å². The lowest BCUT2D eigenvalue weighted by Crippen LogP contribution is -2.38. The first-order valence-corrected chi connectivity index (χ1v) is 9.29. The van der Waals surface area contributed by atoms with Crippen molar-refractivity contribution in [1.29, 1.82) is 0 Å². The van der Waals surface area contributed by atoms with Gasteiger partial charge in [-0.25, -0.2) is 4.79 Å². The molecular formula is C20H28N4O5. The molecule has 0 bridgehead atoms. The average Bonchev–Trinajstić information content (AvgIpc) is 2.66. The quantitative estimate of drug-likeness (QED) is 0.602. The number of nitrogens with zero attached hydrogens (tertiary/aromatic N) is 2. The Labute approximate surface area is 169 Å². The monoisotopic (exact) mass is 404 g/mol. The number of methoxy groups -OCH3 is 2. The molecule has 0 spiro atoms. The summed E-state index contributed by atoms with van der Waals surface area (Å²) in [5.74, 6) is 0.681. The third-order valence-corrected chi connectivity index (χ3v) is 4.66. The second-order valence-corrected chi connectivity index (χ2v) is 6.90. The summed E-state index contributed by atoms with van der Waals surface area (Å²) in [7, 11) is 4.90. The van der Waals surface area contributed by atoms with Crippen LogP contribution in [0.1, 0.15) is 34.8 Å². The Balaban J connectivity index is 2.25. The van der Waals surface area contributed by atoms with Crippen molar-refractivity contribution in [2.45, 2.75) is 33.4 Å². The maximum atomic E-state index is 12.8. The van der Waals surface area contributed by atoms with Crippen molar-refractivity contribution >= 4 is 11.6 Å². The summed E-state index contributed by atoms with van der Waals surface area (Å²) >= 11 is 0. The summed E-state index contributed by atoms with van der Waals surface area (Å²) in [6.45, 7) is 4.55. The van der Waals surface area contributed by atoms with Crippen molar-refractivity contribution < 1.29 is 14.3 Å². The van der Waals surface area contributed by atoms with Crippen LogP contribution in [0.3, 0.4) is 0 Å². The number of aromatic amines is 1. The van der Waals surface area contributed by atoms with Crippen molar-refractivity contribution in [3.8, 4) is 11.5 Å². The van der Waals surface area contributed by atoms with Gasteiger partial charge in [0.05, 0.1) is 20.8 Å². The first-order chi connectivity index (χ1) is 13.7. The third kappa shape index (κ3) is 4.86. The van der Waals surface area contributed by atoms with Crippen LogP contribution >= 0.6 is 0 Å². The molecule has 0 saturated heterocycles. The van der Waals surface area contributed by atoms with E-state index in [9.17, 15) is 14.4 Å². The summed E-state index contributed by atoms with van der Waals surface area (Å²) in [5, 5.41) is 0. The number of H-pyrrole nitrogens is 1. The maximum Gasteiger partial charge on any atom is 0.329 e. The van der Waals surface area contributed by atoms with E-state index < -0.39 is 17.0 Å². The van der Waals surface area contributed by atoms with Crippen LogP contribution in [0.4, 0.5) is 5.82 Å². The minimum Gasteiger partial charge on any atom is -0.493 e. The van der Waals surface area contributed by atoms with Crippen molar-refractivity contribution in [1.82, 2.24) is 14.5 Å². The highest BCUT2D eigenvalue weighted by Crippen LogP contribution is 2.30. The minimum atomic E-state index is -0.763. The van der Waals surface area contributed by atoms with Crippen LogP contribution < -0.4 is 26.5 Å². The van der Waals surface area contributed by atoms with Gasteiger partial charge < -0.3 is 15.2 Å². The number of hydrogen-bond donors (Lipinski definition) is 2. The van der Waals surface area contributed by atoms with Crippen LogP contribution in [-0.2, 0) is 13.1 Å². The predicted octanol–water partition coefficient (Wildman–Crippen LogP) is 1.17. The van der Waals surface area contributed by atoms with E-state index in [1.54, 1.807) is 26.2 Å². The van der Waals surface area contributed by atoms with Crippen LogP contribution in [0.2, 0.25) is 0 Å². The van der Waals surface area contributed by atoms with E-state index in [1.807, 2.05) is 26.0 Å². The molecule has 0 aliphatic heterocycles. The van der Waals surface area contributed by atoms with E-state index in [1.165, 1.54) is 4.57 Å². The number of ether oxygens (including phenoxy) is 2. The summed E-state index contributed by atoms with van der Waals surface area (Å²) in [6, 6.07) is 3.73. The fourth-order valence-corrected chi connectivity index (χ4v) is 3.17. The van der Waals surface area contributed by atoms with E-state index in [0.29, 0.717) is 31.0 Å². The number of rotatable bonds is 9. The number of nitrogens with two attached hydrogens (primary N) is 1. The Morgan fingerprint density at radius 1 is 1.21 bits per heavy atom. The van der Waals surface area contributed by atoms with Crippen LogP contribution in [0.5, 0.6) is 11.5 Å². The molecule has 0 amide bonds. The molecule has 0 saturated carbocycles. The number of benzene rings is 1. The molecule has 3 N–H and O–H groups in total. The number of nitrogen functional groups attached to an aromatic ring is 1. The smallest absolute Gasteiger partial charge is 0.329 e. The summed E-state index contributed by atoms with van der Waals surface area (Å²) in [5.41, 5.74) is 6.34. The Morgan fingerprint density at radius 2 is 1.83 bits per heavy atom. The number of aromatic nitrogens is 2. The zero-order valence-corrected chi connectivity index (χ0v) is 17.5. The lowest BCUT2D eigenvalue weighted by Gasteiger charge is -2.19. The third-order valence-electron chi connectivity index (χ3n) is 4.66. The van der Waals surface area contributed by atoms with Gasteiger partial charge in [-0.2, -0.15) is 0 Å². The Morgan fingerprint density at radius 3 is 2.41 bits per heavy atom. The fraction of sp³-hybridized carbons (Fsp3) is 0.450. The van der Waals surface area contributed by atoms with Gasteiger partial charge in [-0.1, -0.05) is 6.92 Å². The number of carbonyl (C=O) groups excluding carboxylic acids is 1. The van der Waals surface area contributed by atoms with Crippen molar-refractivity contribution in [2.24, 2.45) is 0 Å². The van der Waals surface area contributed by atoms with Gasteiger partial charge in [0, 0.05) is 13.1 Å². The average molecular weight is 404 g/mol. The zero-order valence-electron chi connectivity index (χ0n) is 17.5. The van der Waals surface area contributed by atoms with E-state index in [4.69, 9.17) is 15.2 Å². The molecule has 0 unspecified atom stereocenters. The van der Waals surface area contributed by atoms with E-state index >= 15 is 0 Å². The second kappa shape index (κ2) is 9.42. The second-order valence-electron chi connectivity index (χ2n) is 6.90. The molecular weight excluding hydrogens is 376 g/mol. The van der Waals surface area contributed by atoms with Crippen LogP contribution in [0, 0.1) is 6.92 Å². The van der Waals surface area contributed by atoms with E-state index in [0.717, 1.165) is 11.1 Å². The van der Waals surface area contributed by atoms with Crippen molar-refractivity contribution in [3.63, 3.8) is 0 Å². The Hall–Kier alpha value is -3.07. The number of aryl methyl sites for hydroxylation is 1. The molecule has 1 aromatic carbocycles. The van der Waals surface area contributed by atoms with Crippen LogP contribution in [0.15, 0.2) is 21.7 Å². The fourth-order valence-electron chi connectivity index (χ4n) is 3.17. The number of anilines is 1. The number of nitrogens with one attached hydrogen (secondary N) is 1. The molecule has 2 rings (SSSR count). The minimum absolute atomic E-state index is 0.0363. The lowest BCUT2D eigenvalue weighted by atomic mass is 10.1. The van der Waals surface area contributed by atoms with Gasteiger partial charge in [0.25, 0.3) is 5.56 Å². The highest BCUT2D eigenvalue weighted by molar-refractivity contribution is 6.01. The lowest BCUT2D eigenvalue weighted by molar-refractivity contribution is 0.0941. The molecule has 1 heterocycles. The molecule has 29 heavy (non-hydrogen) atoms. The normalized spacial score (nSPS) is 11.0. The SMILES string of the molecule is CCCn1c(N)c(C(=O)CN(C)Cc2cc(OC)c(OC)cc2C)c(=O)[nH]c1=O. The van der Waals surface area contributed by atoms with Crippen LogP contribution in [-0.4, -0.2) is 48.0 Å². The van der Waals surface area contributed by atoms with Gasteiger partial charge in [0.2, 0.25) is 0 Å². The molecule has 158 valence electrons. The number of carbonyl (C=O) groups is 1. The molecule has 0 atom stereocenters. The maximum absolute atomic E-state index is 12.8. The molecule has 9 heteroatoms. The van der Waals surface area contributed by atoms with Gasteiger partial charge >= 0.3 is 5.69 Å². The predicted molar refractivity (Wildman–Crippen MR) is 111 cm³/mol. The summed E-state index contributed by atoms with van der Waals surface area (Å²) in [4.78, 5) is 40.8. The number of Topliss-reactive ketones (excluding diaryl/α,β-unsaturated/α-hetero) is 1. The first-order valence-electron chi connectivity index (χ1n) is 9.29.